The summed E-state index contributed by atoms with van der Waals surface area (Å²) in [5, 5.41) is 22.0. The summed E-state index contributed by atoms with van der Waals surface area (Å²) in [6, 6.07) is 1.24. The van der Waals surface area contributed by atoms with E-state index in [4.69, 9.17) is 21.0 Å². The van der Waals surface area contributed by atoms with E-state index in [-0.39, 0.29) is 28.3 Å². The molecule has 1 atom stereocenters. The number of alkyl halides is 3. The number of aliphatic hydroxyl groups excluding tert-OH is 1. The molecule has 0 aromatic carbocycles. The Kier molecular flexibility index (Phi) is 7.53. The predicted octanol–water partition coefficient (Wildman–Crippen LogP) is 0.526. The highest BCUT2D eigenvalue weighted by atomic mass is 19.4. The summed E-state index contributed by atoms with van der Waals surface area (Å²) < 4.78 is 44.6. The van der Waals surface area contributed by atoms with Crippen LogP contribution in [-0.2, 0) is 27.1 Å². The fourth-order valence-corrected chi connectivity index (χ4v) is 2.60. The summed E-state index contributed by atoms with van der Waals surface area (Å²) in [7, 11) is 1.39. The number of ether oxygens (including phenoxy) is 1. The molecular weight excluding hydrogens is 419 g/mol. The minimum absolute atomic E-state index is 0.0564. The van der Waals surface area contributed by atoms with E-state index in [1.54, 1.807) is 0 Å². The Hall–Kier alpha value is -3.67. The quantitative estimate of drug-likeness (QED) is 0.373. The van der Waals surface area contributed by atoms with E-state index < -0.39 is 42.9 Å². The van der Waals surface area contributed by atoms with Crippen molar-refractivity contribution in [3.05, 3.63) is 64.8 Å². The third-order valence-electron chi connectivity index (χ3n) is 4.12. The Morgan fingerprint density at radius 1 is 1.35 bits per heavy atom. The zero-order valence-electron chi connectivity index (χ0n) is 16.3. The highest BCUT2D eigenvalue weighted by Gasteiger charge is 2.35. The SMILES string of the molecule is CN/C(C(=O)NC(CO)C(N)=O)=C1/C=C(OCc2cccnc2C(F)(F)F)C=CC1=N. The maximum atomic E-state index is 13.1. The lowest BCUT2D eigenvalue weighted by atomic mass is 10.0. The van der Waals surface area contributed by atoms with Crippen LogP contribution < -0.4 is 16.4 Å². The topological polar surface area (TPSA) is 150 Å². The van der Waals surface area contributed by atoms with Gasteiger partial charge >= 0.3 is 6.18 Å². The maximum Gasteiger partial charge on any atom is 0.433 e. The number of carbonyl (C=O) groups is 2. The van der Waals surface area contributed by atoms with Gasteiger partial charge in [0.25, 0.3) is 5.91 Å². The molecule has 166 valence electrons. The lowest BCUT2D eigenvalue weighted by Gasteiger charge is -2.19. The van der Waals surface area contributed by atoms with Crippen molar-refractivity contribution in [2.75, 3.05) is 13.7 Å². The number of allylic oxidation sites excluding steroid dienone is 4. The van der Waals surface area contributed by atoms with Gasteiger partial charge in [-0.1, -0.05) is 6.07 Å². The minimum atomic E-state index is -4.65. The van der Waals surface area contributed by atoms with Crippen LogP contribution in [0.15, 0.2) is 53.6 Å². The van der Waals surface area contributed by atoms with Crippen LogP contribution in [0, 0.1) is 5.41 Å². The number of nitrogens with one attached hydrogen (secondary N) is 3. The molecule has 31 heavy (non-hydrogen) atoms. The highest BCUT2D eigenvalue weighted by Crippen LogP contribution is 2.31. The highest BCUT2D eigenvalue weighted by molar-refractivity contribution is 6.14. The normalized spacial score (nSPS) is 16.3. The van der Waals surface area contributed by atoms with E-state index in [9.17, 15) is 22.8 Å². The van der Waals surface area contributed by atoms with Crippen molar-refractivity contribution in [1.29, 1.82) is 5.41 Å². The predicted molar refractivity (Wildman–Crippen MR) is 103 cm³/mol. The van der Waals surface area contributed by atoms with Gasteiger partial charge in [-0.05, 0) is 24.3 Å². The molecule has 1 heterocycles. The van der Waals surface area contributed by atoms with E-state index in [0.717, 1.165) is 6.20 Å². The number of rotatable bonds is 8. The molecule has 2 amide bonds. The van der Waals surface area contributed by atoms with Gasteiger partial charge in [-0.2, -0.15) is 13.2 Å². The molecule has 0 saturated carbocycles. The van der Waals surface area contributed by atoms with Crippen LogP contribution in [0.5, 0.6) is 0 Å². The first-order valence-corrected chi connectivity index (χ1v) is 8.84. The van der Waals surface area contributed by atoms with Crippen molar-refractivity contribution in [3.8, 4) is 0 Å². The van der Waals surface area contributed by atoms with Gasteiger partial charge < -0.3 is 31.6 Å². The number of likely N-dealkylation sites (N-methyl/N-ethyl adjacent to an activating group) is 1. The number of primary amides is 1. The fourth-order valence-electron chi connectivity index (χ4n) is 2.60. The first-order valence-electron chi connectivity index (χ1n) is 8.84. The standard InChI is InChI=1S/C19H20F3N5O4/c1-25-15(18(30)27-14(8-28)17(24)29)12-7-11(4-5-13(12)23)31-9-10-3-2-6-26-16(10)19(20,21)22/h2-7,14,23,25,28H,8-9H2,1H3,(H2,24,29)(H,27,30)/b15-12-,23-13?. The van der Waals surface area contributed by atoms with E-state index in [0.29, 0.717) is 0 Å². The molecule has 1 aromatic heterocycles. The third-order valence-corrected chi connectivity index (χ3v) is 4.12. The smallest absolute Gasteiger partial charge is 0.433 e. The molecule has 2 rings (SSSR count). The molecule has 0 spiro atoms. The first kappa shape index (κ1) is 23.6. The number of halogens is 3. The molecule has 12 heteroatoms. The molecule has 0 fully saturated rings. The van der Waals surface area contributed by atoms with Crippen LogP contribution >= 0.6 is 0 Å². The molecule has 9 nitrogen and oxygen atoms in total. The van der Waals surface area contributed by atoms with Crippen molar-refractivity contribution >= 4 is 17.5 Å². The number of carbonyl (C=O) groups excluding carboxylic acids is 2. The van der Waals surface area contributed by atoms with Crippen molar-refractivity contribution in [2.24, 2.45) is 5.73 Å². The van der Waals surface area contributed by atoms with Crippen molar-refractivity contribution in [1.82, 2.24) is 15.6 Å². The van der Waals surface area contributed by atoms with Gasteiger partial charge in [0, 0.05) is 24.4 Å². The first-order chi connectivity index (χ1) is 14.6. The number of nitrogens with two attached hydrogens (primary N) is 1. The lowest BCUT2D eigenvalue weighted by molar-refractivity contribution is -0.142. The number of nitrogens with zero attached hydrogens (tertiary/aromatic N) is 1. The summed E-state index contributed by atoms with van der Waals surface area (Å²) in [5.74, 6) is -1.68. The van der Waals surface area contributed by atoms with Crippen LogP contribution in [0.1, 0.15) is 11.3 Å². The molecular formula is C19H20F3N5O4. The van der Waals surface area contributed by atoms with Gasteiger partial charge in [0.2, 0.25) is 5.91 Å². The van der Waals surface area contributed by atoms with Crippen LogP contribution in [-0.4, -0.2) is 47.3 Å². The van der Waals surface area contributed by atoms with Crippen molar-refractivity contribution in [3.63, 3.8) is 0 Å². The van der Waals surface area contributed by atoms with Crippen molar-refractivity contribution in [2.45, 2.75) is 18.8 Å². The van der Waals surface area contributed by atoms with Gasteiger partial charge in [-0.3, -0.25) is 14.6 Å². The van der Waals surface area contributed by atoms with E-state index in [1.165, 1.54) is 37.4 Å². The number of hydrogen-bond donors (Lipinski definition) is 5. The van der Waals surface area contributed by atoms with Gasteiger partial charge in [-0.15, -0.1) is 0 Å². The van der Waals surface area contributed by atoms with Crippen LogP contribution in [0.4, 0.5) is 13.2 Å². The van der Waals surface area contributed by atoms with Crippen LogP contribution in [0.3, 0.4) is 0 Å². The molecule has 1 aliphatic rings. The molecule has 0 aliphatic heterocycles. The van der Waals surface area contributed by atoms with Gasteiger partial charge in [0.1, 0.15) is 24.1 Å². The average Bonchev–Trinajstić information content (AvgIpc) is 2.72. The number of hydrogen-bond acceptors (Lipinski definition) is 7. The van der Waals surface area contributed by atoms with Gasteiger partial charge in [0.15, 0.2) is 5.69 Å². The van der Waals surface area contributed by atoms with Crippen LogP contribution in [0.25, 0.3) is 0 Å². The average molecular weight is 439 g/mol. The molecule has 0 radical (unpaired) electrons. The largest absolute Gasteiger partial charge is 0.489 e. The summed E-state index contributed by atoms with van der Waals surface area (Å²) in [6.07, 6.45) is 0.319. The number of aromatic nitrogens is 1. The molecule has 1 aliphatic carbocycles. The minimum Gasteiger partial charge on any atom is -0.489 e. The summed E-state index contributed by atoms with van der Waals surface area (Å²) in [6.45, 7) is -1.17. The third kappa shape index (κ3) is 5.92. The Morgan fingerprint density at radius 3 is 2.65 bits per heavy atom. The molecule has 0 bridgehead atoms. The molecule has 0 saturated heterocycles. The Balaban J connectivity index is 2.28. The Labute approximate surface area is 175 Å². The maximum absolute atomic E-state index is 13.1. The Morgan fingerprint density at radius 2 is 2.06 bits per heavy atom. The number of aliphatic hydroxyl groups is 1. The lowest BCUT2D eigenvalue weighted by Crippen LogP contribution is -2.48. The molecule has 6 N–H and O–H groups in total. The van der Waals surface area contributed by atoms with Crippen LogP contribution in [0.2, 0.25) is 0 Å². The molecule has 1 unspecified atom stereocenters. The van der Waals surface area contributed by atoms with E-state index in [2.05, 4.69) is 15.6 Å². The monoisotopic (exact) mass is 439 g/mol. The second-order valence-corrected chi connectivity index (χ2v) is 6.24. The summed E-state index contributed by atoms with van der Waals surface area (Å²) in [5.41, 5.74) is 3.65. The second-order valence-electron chi connectivity index (χ2n) is 6.24. The summed E-state index contributed by atoms with van der Waals surface area (Å²) in [4.78, 5) is 27.0. The summed E-state index contributed by atoms with van der Waals surface area (Å²) >= 11 is 0. The van der Waals surface area contributed by atoms with E-state index >= 15 is 0 Å². The Bertz CT molecular complexity index is 970. The zero-order valence-corrected chi connectivity index (χ0v) is 16.3. The fraction of sp³-hybridized carbons (Fsp3) is 0.263. The second kappa shape index (κ2) is 9.89. The number of pyridine rings is 1. The van der Waals surface area contributed by atoms with Gasteiger partial charge in [-0.25, -0.2) is 0 Å². The zero-order chi connectivity index (χ0) is 23.2. The van der Waals surface area contributed by atoms with Crippen molar-refractivity contribution < 1.29 is 32.6 Å². The van der Waals surface area contributed by atoms with E-state index in [1.807, 2.05) is 0 Å². The number of amides is 2. The van der Waals surface area contributed by atoms with Gasteiger partial charge in [0.05, 0.1) is 12.3 Å². The molecule has 1 aromatic rings.